The van der Waals surface area contributed by atoms with Gasteiger partial charge in [-0.3, -0.25) is 9.59 Å². The summed E-state index contributed by atoms with van der Waals surface area (Å²) in [5.41, 5.74) is 2.38. The minimum absolute atomic E-state index is 0.0506. The Kier molecular flexibility index (Phi) is 3.92. The van der Waals surface area contributed by atoms with Crippen molar-refractivity contribution in [3.05, 3.63) is 35.4 Å². The fraction of sp³-hybridized carbons (Fsp3) is 0.500. The number of rotatable bonds is 3. The lowest BCUT2D eigenvalue weighted by molar-refractivity contribution is -0.148. The van der Waals surface area contributed by atoms with E-state index in [-0.39, 0.29) is 18.2 Å². The second-order valence-electron chi connectivity index (χ2n) is 5.66. The Hall–Kier alpha value is -1.88. The summed E-state index contributed by atoms with van der Waals surface area (Å²) in [6.45, 7) is 1.34. The molecule has 21 heavy (non-hydrogen) atoms. The first-order chi connectivity index (χ1) is 10.1. The molecule has 1 aromatic carbocycles. The van der Waals surface area contributed by atoms with Crippen LogP contribution in [0.25, 0.3) is 0 Å². The van der Waals surface area contributed by atoms with E-state index in [1.54, 1.807) is 4.90 Å². The van der Waals surface area contributed by atoms with Crippen LogP contribution in [0, 0.1) is 0 Å². The second-order valence-corrected chi connectivity index (χ2v) is 5.66. The Morgan fingerprint density at radius 2 is 2.14 bits per heavy atom. The minimum Gasteiger partial charge on any atom is -0.481 e. The quantitative estimate of drug-likeness (QED) is 0.914. The van der Waals surface area contributed by atoms with Crippen LogP contribution >= 0.6 is 0 Å². The molecule has 2 unspecified atom stereocenters. The van der Waals surface area contributed by atoms with Crippen LogP contribution in [0.15, 0.2) is 24.3 Å². The average Bonchev–Trinajstić information content (AvgIpc) is 2.90. The molecule has 0 aromatic heterocycles. The standard InChI is InChI=1S/C16H19NO4/c18-15(19)9-12-10-17(7-8-21-12)16(20)14-6-5-11-3-1-2-4-13(11)14/h1-4,12,14H,5-10H2,(H,18,19). The van der Waals surface area contributed by atoms with Crippen molar-refractivity contribution >= 4 is 11.9 Å². The molecule has 1 N–H and O–H groups in total. The van der Waals surface area contributed by atoms with Gasteiger partial charge < -0.3 is 14.7 Å². The summed E-state index contributed by atoms with van der Waals surface area (Å²) in [7, 11) is 0. The maximum atomic E-state index is 12.7. The minimum atomic E-state index is -0.888. The summed E-state index contributed by atoms with van der Waals surface area (Å²) >= 11 is 0. The van der Waals surface area contributed by atoms with E-state index in [1.165, 1.54) is 5.56 Å². The number of amides is 1. The van der Waals surface area contributed by atoms with Gasteiger partial charge in [0.1, 0.15) is 0 Å². The van der Waals surface area contributed by atoms with Crippen LogP contribution in [0.4, 0.5) is 0 Å². The Balaban J connectivity index is 1.70. The molecule has 0 radical (unpaired) electrons. The summed E-state index contributed by atoms with van der Waals surface area (Å²) in [6.07, 6.45) is 1.34. The topological polar surface area (TPSA) is 66.8 Å². The number of morpholine rings is 1. The fourth-order valence-electron chi connectivity index (χ4n) is 3.27. The number of aryl methyl sites for hydroxylation is 1. The van der Waals surface area contributed by atoms with Crippen molar-refractivity contribution in [2.24, 2.45) is 0 Å². The van der Waals surface area contributed by atoms with Crippen LogP contribution in [0.1, 0.15) is 29.9 Å². The summed E-state index contributed by atoms with van der Waals surface area (Å²) < 4.78 is 5.43. The molecule has 0 spiro atoms. The third-order valence-electron chi connectivity index (χ3n) is 4.28. The second kappa shape index (κ2) is 5.85. The highest BCUT2D eigenvalue weighted by Crippen LogP contribution is 2.34. The summed E-state index contributed by atoms with van der Waals surface area (Å²) in [4.78, 5) is 25.3. The van der Waals surface area contributed by atoms with Crippen molar-refractivity contribution in [1.82, 2.24) is 4.90 Å². The van der Waals surface area contributed by atoms with Crippen LogP contribution in [-0.4, -0.2) is 47.7 Å². The first kappa shape index (κ1) is 14.1. The number of carboxylic acids is 1. The number of nitrogens with zero attached hydrogens (tertiary/aromatic N) is 1. The van der Waals surface area contributed by atoms with Gasteiger partial charge in [0, 0.05) is 13.1 Å². The van der Waals surface area contributed by atoms with Crippen molar-refractivity contribution in [3.63, 3.8) is 0 Å². The number of fused-ring (bicyclic) bond motifs is 1. The highest BCUT2D eigenvalue weighted by Gasteiger charge is 2.34. The smallest absolute Gasteiger partial charge is 0.306 e. The third-order valence-corrected chi connectivity index (χ3v) is 4.28. The highest BCUT2D eigenvalue weighted by molar-refractivity contribution is 5.85. The van der Waals surface area contributed by atoms with Crippen molar-refractivity contribution in [3.8, 4) is 0 Å². The molecular formula is C16H19NO4. The Labute approximate surface area is 123 Å². The van der Waals surface area contributed by atoms with Crippen LogP contribution in [0.3, 0.4) is 0 Å². The molecule has 1 aliphatic heterocycles. The molecule has 0 bridgehead atoms. The SMILES string of the molecule is O=C(O)CC1CN(C(=O)C2CCc3ccccc32)CCO1. The predicted molar refractivity (Wildman–Crippen MR) is 76.1 cm³/mol. The predicted octanol–water partition coefficient (Wildman–Crippen LogP) is 1.42. The molecule has 5 heteroatoms. The monoisotopic (exact) mass is 289 g/mol. The maximum Gasteiger partial charge on any atom is 0.306 e. The zero-order valence-electron chi connectivity index (χ0n) is 11.8. The average molecular weight is 289 g/mol. The first-order valence-electron chi connectivity index (χ1n) is 7.35. The van der Waals surface area contributed by atoms with E-state index in [4.69, 9.17) is 9.84 Å². The number of ether oxygens (including phenoxy) is 1. The number of hydrogen-bond acceptors (Lipinski definition) is 3. The molecule has 2 atom stereocenters. The van der Waals surface area contributed by atoms with Gasteiger partial charge in [0.25, 0.3) is 0 Å². The van der Waals surface area contributed by atoms with E-state index in [9.17, 15) is 9.59 Å². The fourth-order valence-corrected chi connectivity index (χ4v) is 3.27. The van der Waals surface area contributed by atoms with Gasteiger partial charge in [0.2, 0.25) is 5.91 Å². The molecule has 1 fully saturated rings. The van der Waals surface area contributed by atoms with Crippen molar-refractivity contribution < 1.29 is 19.4 Å². The van der Waals surface area contributed by atoms with Gasteiger partial charge in [-0.1, -0.05) is 24.3 Å². The van der Waals surface area contributed by atoms with E-state index in [2.05, 4.69) is 6.07 Å². The van der Waals surface area contributed by atoms with E-state index in [0.29, 0.717) is 19.7 Å². The number of carbonyl (C=O) groups excluding carboxylic acids is 1. The molecule has 3 rings (SSSR count). The van der Waals surface area contributed by atoms with Crippen molar-refractivity contribution in [1.29, 1.82) is 0 Å². The molecule has 112 valence electrons. The first-order valence-corrected chi connectivity index (χ1v) is 7.35. The number of carboxylic acid groups (broad SMARTS) is 1. The molecular weight excluding hydrogens is 270 g/mol. The van der Waals surface area contributed by atoms with E-state index in [0.717, 1.165) is 18.4 Å². The third kappa shape index (κ3) is 2.93. The van der Waals surface area contributed by atoms with Gasteiger partial charge in [-0.15, -0.1) is 0 Å². The molecule has 1 heterocycles. The normalized spacial score (nSPS) is 24.7. The molecule has 1 amide bonds. The number of carbonyl (C=O) groups is 2. The molecule has 1 aromatic rings. The summed E-state index contributed by atoms with van der Waals surface area (Å²) in [5.74, 6) is -0.857. The molecule has 5 nitrogen and oxygen atoms in total. The zero-order valence-corrected chi connectivity index (χ0v) is 11.8. The molecule has 1 saturated heterocycles. The van der Waals surface area contributed by atoms with Gasteiger partial charge in [0.05, 0.1) is 25.0 Å². The van der Waals surface area contributed by atoms with E-state index >= 15 is 0 Å². The lowest BCUT2D eigenvalue weighted by atomic mass is 9.99. The van der Waals surface area contributed by atoms with Gasteiger partial charge in [-0.05, 0) is 24.0 Å². The van der Waals surface area contributed by atoms with Gasteiger partial charge >= 0.3 is 5.97 Å². The molecule has 1 aliphatic carbocycles. The lowest BCUT2D eigenvalue weighted by Crippen LogP contribution is -2.47. The van der Waals surface area contributed by atoms with Crippen LogP contribution < -0.4 is 0 Å². The van der Waals surface area contributed by atoms with Gasteiger partial charge in [-0.25, -0.2) is 0 Å². The van der Waals surface area contributed by atoms with Crippen molar-refractivity contribution in [2.45, 2.75) is 31.3 Å². The van der Waals surface area contributed by atoms with Gasteiger partial charge in [-0.2, -0.15) is 0 Å². The summed E-state index contributed by atoms with van der Waals surface area (Å²) in [6, 6.07) is 8.08. The molecule has 0 saturated carbocycles. The van der Waals surface area contributed by atoms with Crippen molar-refractivity contribution in [2.75, 3.05) is 19.7 Å². The van der Waals surface area contributed by atoms with Gasteiger partial charge in [0.15, 0.2) is 0 Å². The molecule has 2 aliphatic rings. The van der Waals surface area contributed by atoms with Crippen LogP contribution in [0.5, 0.6) is 0 Å². The summed E-state index contributed by atoms with van der Waals surface area (Å²) in [5, 5.41) is 8.85. The number of hydrogen-bond donors (Lipinski definition) is 1. The number of aliphatic carboxylic acids is 1. The van der Waals surface area contributed by atoms with E-state index < -0.39 is 12.1 Å². The Bertz CT molecular complexity index is 557. The highest BCUT2D eigenvalue weighted by atomic mass is 16.5. The Morgan fingerprint density at radius 3 is 2.95 bits per heavy atom. The number of benzene rings is 1. The van der Waals surface area contributed by atoms with E-state index in [1.807, 2.05) is 18.2 Å². The van der Waals surface area contributed by atoms with Crippen LogP contribution in [0.2, 0.25) is 0 Å². The van der Waals surface area contributed by atoms with Crippen LogP contribution in [-0.2, 0) is 20.7 Å². The Morgan fingerprint density at radius 1 is 1.33 bits per heavy atom. The largest absolute Gasteiger partial charge is 0.481 e. The zero-order chi connectivity index (χ0) is 14.8. The maximum absolute atomic E-state index is 12.7. The lowest BCUT2D eigenvalue weighted by Gasteiger charge is -2.34.